The van der Waals surface area contributed by atoms with Crippen LogP contribution in [0, 0.1) is 0 Å². The van der Waals surface area contributed by atoms with Crippen LogP contribution in [-0.2, 0) is 0 Å². The largest absolute Gasteiger partial charge is 0.479 e. The molecular weight excluding hydrogens is 156 g/mol. The molecule has 1 unspecified atom stereocenters. The van der Waals surface area contributed by atoms with Crippen LogP contribution >= 0.6 is 0 Å². The molecule has 0 radical (unpaired) electrons. The van der Waals surface area contributed by atoms with E-state index in [9.17, 15) is 0 Å². The van der Waals surface area contributed by atoms with Gasteiger partial charge in [0.1, 0.15) is 0 Å². The first-order valence-corrected chi connectivity index (χ1v) is 3.67. The molecular formula is C8H12N2O2. The van der Waals surface area contributed by atoms with Crippen molar-refractivity contribution >= 4 is 6.08 Å². The Hall–Kier alpha value is -1.29. The number of hydrogen-bond acceptors (Lipinski definition) is 4. The summed E-state index contributed by atoms with van der Waals surface area (Å²) in [7, 11) is 1.54. The summed E-state index contributed by atoms with van der Waals surface area (Å²) in [5.74, 6) is 1.11. The fourth-order valence-corrected chi connectivity index (χ4v) is 0.693. The first-order chi connectivity index (χ1) is 5.72. The predicted octanol–water partition coefficient (Wildman–Crippen LogP) is 1.04. The first-order valence-electron chi connectivity index (χ1n) is 3.67. The average Bonchev–Trinajstić information content (AvgIpc) is 2.48. The monoisotopic (exact) mass is 168 g/mol. The summed E-state index contributed by atoms with van der Waals surface area (Å²) in [5.41, 5.74) is 5.50. The first kappa shape index (κ1) is 8.80. The summed E-state index contributed by atoms with van der Waals surface area (Å²) in [4.78, 5) is 0. The van der Waals surface area contributed by atoms with Gasteiger partial charge in [-0.2, -0.15) is 0 Å². The zero-order valence-corrected chi connectivity index (χ0v) is 7.15. The topological polar surface area (TPSA) is 61.3 Å². The van der Waals surface area contributed by atoms with E-state index in [1.54, 1.807) is 12.1 Å². The Balaban J connectivity index is 2.63. The van der Waals surface area contributed by atoms with E-state index in [1.807, 2.05) is 13.0 Å². The van der Waals surface area contributed by atoms with Gasteiger partial charge in [-0.05, 0) is 18.2 Å². The molecule has 0 amide bonds. The van der Waals surface area contributed by atoms with Crippen LogP contribution in [0.25, 0.3) is 6.08 Å². The van der Waals surface area contributed by atoms with E-state index in [0.29, 0.717) is 11.6 Å². The van der Waals surface area contributed by atoms with Crippen LogP contribution in [0.3, 0.4) is 0 Å². The minimum Gasteiger partial charge on any atom is -0.479 e. The zero-order valence-electron chi connectivity index (χ0n) is 7.15. The zero-order chi connectivity index (χ0) is 8.97. The van der Waals surface area contributed by atoms with Crippen LogP contribution in [0.4, 0.5) is 0 Å². The highest BCUT2D eigenvalue weighted by atomic mass is 16.5. The molecule has 1 aromatic rings. The van der Waals surface area contributed by atoms with Crippen molar-refractivity contribution in [2.45, 2.75) is 13.0 Å². The van der Waals surface area contributed by atoms with Crippen LogP contribution in [0.5, 0.6) is 5.88 Å². The maximum Gasteiger partial charge on any atom is 0.254 e. The Bertz CT molecular complexity index is 266. The van der Waals surface area contributed by atoms with Crippen molar-refractivity contribution in [1.29, 1.82) is 0 Å². The molecule has 1 rings (SSSR count). The molecule has 0 fully saturated rings. The van der Waals surface area contributed by atoms with Gasteiger partial charge in [-0.25, -0.2) is 0 Å². The number of hydrogen-bond donors (Lipinski definition) is 1. The van der Waals surface area contributed by atoms with Crippen molar-refractivity contribution in [1.82, 2.24) is 5.16 Å². The summed E-state index contributed by atoms with van der Waals surface area (Å²) < 4.78 is 9.72. The Morgan fingerprint density at radius 3 is 3.00 bits per heavy atom. The number of ether oxygens (including phenoxy) is 1. The smallest absolute Gasteiger partial charge is 0.254 e. The van der Waals surface area contributed by atoms with Crippen LogP contribution in [0.15, 0.2) is 16.7 Å². The SMILES string of the molecule is COc1cc(/C=C/C(C)N)on1. The van der Waals surface area contributed by atoms with Crippen molar-refractivity contribution in [3.63, 3.8) is 0 Å². The van der Waals surface area contributed by atoms with Gasteiger partial charge in [0.15, 0.2) is 5.76 Å². The Morgan fingerprint density at radius 1 is 1.75 bits per heavy atom. The van der Waals surface area contributed by atoms with Crippen LogP contribution in [0.1, 0.15) is 12.7 Å². The Morgan fingerprint density at radius 2 is 2.50 bits per heavy atom. The average molecular weight is 168 g/mol. The van der Waals surface area contributed by atoms with Crippen LogP contribution < -0.4 is 10.5 Å². The summed E-state index contributed by atoms with van der Waals surface area (Å²) in [5, 5.41) is 3.62. The molecule has 0 aromatic carbocycles. The molecule has 0 aliphatic rings. The van der Waals surface area contributed by atoms with E-state index in [2.05, 4.69) is 5.16 Å². The summed E-state index contributed by atoms with van der Waals surface area (Å²) in [6.07, 6.45) is 3.58. The van der Waals surface area contributed by atoms with Crippen molar-refractivity contribution in [2.24, 2.45) is 5.73 Å². The van der Waals surface area contributed by atoms with E-state index in [1.165, 1.54) is 7.11 Å². The van der Waals surface area contributed by atoms with Gasteiger partial charge in [-0.15, -0.1) is 0 Å². The molecule has 0 aliphatic carbocycles. The molecule has 12 heavy (non-hydrogen) atoms. The number of methoxy groups -OCH3 is 1. The fourth-order valence-electron chi connectivity index (χ4n) is 0.693. The van der Waals surface area contributed by atoms with E-state index in [-0.39, 0.29) is 6.04 Å². The standard InChI is InChI=1S/C8H12N2O2/c1-6(9)3-4-7-5-8(11-2)10-12-7/h3-6H,9H2,1-2H3/b4-3+. The van der Waals surface area contributed by atoms with Gasteiger partial charge >= 0.3 is 0 Å². The predicted molar refractivity (Wildman–Crippen MR) is 45.7 cm³/mol. The summed E-state index contributed by atoms with van der Waals surface area (Å²) in [6, 6.07) is 1.71. The lowest BCUT2D eigenvalue weighted by molar-refractivity contribution is 0.336. The molecule has 4 nitrogen and oxygen atoms in total. The maximum atomic E-state index is 5.50. The quantitative estimate of drug-likeness (QED) is 0.732. The molecule has 0 spiro atoms. The molecule has 1 heterocycles. The van der Waals surface area contributed by atoms with Gasteiger partial charge in [0.05, 0.1) is 7.11 Å². The molecule has 1 atom stereocenters. The molecule has 0 saturated heterocycles. The lowest BCUT2D eigenvalue weighted by Crippen LogP contribution is -2.09. The summed E-state index contributed by atoms with van der Waals surface area (Å²) >= 11 is 0. The highest BCUT2D eigenvalue weighted by Gasteiger charge is 1.99. The number of aromatic nitrogens is 1. The van der Waals surface area contributed by atoms with Gasteiger partial charge < -0.3 is 15.0 Å². The number of rotatable bonds is 3. The molecule has 2 N–H and O–H groups in total. The normalized spacial score (nSPS) is 13.6. The fraction of sp³-hybridized carbons (Fsp3) is 0.375. The minimum absolute atomic E-state index is 0.0149. The lowest BCUT2D eigenvalue weighted by Gasteiger charge is -1.90. The van der Waals surface area contributed by atoms with Gasteiger partial charge in [-0.1, -0.05) is 6.08 Å². The van der Waals surface area contributed by atoms with Crippen molar-refractivity contribution < 1.29 is 9.26 Å². The van der Waals surface area contributed by atoms with Crippen LogP contribution in [0.2, 0.25) is 0 Å². The molecule has 0 bridgehead atoms. The second-order valence-corrected chi connectivity index (χ2v) is 2.49. The van der Waals surface area contributed by atoms with Crippen molar-refractivity contribution in [3.8, 4) is 5.88 Å². The van der Waals surface area contributed by atoms with Crippen molar-refractivity contribution in [2.75, 3.05) is 7.11 Å². The number of nitrogens with two attached hydrogens (primary N) is 1. The van der Waals surface area contributed by atoms with E-state index < -0.39 is 0 Å². The van der Waals surface area contributed by atoms with Crippen molar-refractivity contribution in [3.05, 3.63) is 17.9 Å². The van der Waals surface area contributed by atoms with E-state index in [4.69, 9.17) is 15.0 Å². The van der Waals surface area contributed by atoms with Gasteiger partial charge in [0.2, 0.25) is 0 Å². The maximum absolute atomic E-state index is 5.50. The Kier molecular flexibility index (Phi) is 2.88. The molecule has 1 aromatic heterocycles. The summed E-state index contributed by atoms with van der Waals surface area (Å²) in [6.45, 7) is 1.88. The van der Waals surface area contributed by atoms with E-state index >= 15 is 0 Å². The van der Waals surface area contributed by atoms with Gasteiger partial charge in [-0.3, -0.25) is 0 Å². The third kappa shape index (κ3) is 2.39. The third-order valence-electron chi connectivity index (χ3n) is 1.28. The van der Waals surface area contributed by atoms with Gasteiger partial charge in [0, 0.05) is 12.1 Å². The highest BCUT2D eigenvalue weighted by Crippen LogP contribution is 2.11. The second kappa shape index (κ2) is 3.92. The second-order valence-electron chi connectivity index (χ2n) is 2.49. The highest BCUT2D eigenvalue weighted by molar-refractivity contribution is 5.44. The minimum atomic E-state index is 0.0149. The van der Waals surface area contributed by atoms with Crippen LogP contribution in [-0.4, -0.2) is 18.3 Å². The molecule has 0 aliphatic heterocycles. The number of nitrogens with zero attached hydrogens (tertiary/aromatic N) is 1. The molecule has 66 valence electrons. The van der Waals surface area contributed by atoms with Gasteiger partial charge in [0.25, 0.3) is 5.88 Å². The molecule has 4 heteroatoms. The molecule has 0 saturated carbocycles. The van der Waals surface area contributed by atoms with E-state index in [0.717, 1.165) is 0 Å². The Labute approximate surface area is 71.0 Å². The third-order valence-corrected chi connectivity index (χ3v) is 1.28. The lowest BCUT2D eigenvalue weighted by atomic mass is 10.3.